The summed E-state index contributed by atoms with van der Waals surface area (Å²) in [5, 5.41) is 12.8. The molecule has 164 valence electrons. The lowest BCUT2D eigenvalue weighted by molar-refractivity contribution is -0.154. The Balaban J connectivity index is 2.01. The van der Waals surface area contributed by atoms with E-state index < -0.39 is 28.7 Å². The molecule has 3 aliphatic rings. The van der Waals surface area contributed by atoms with E-state index in [0.717, 1.165) is 12.8 Å². The second kappa shape index (κ2) is 9.14. The van der Waals surface area contributed by atoms with Crippen molar-refractivity contribution < 1.29 is 24.2 Å². The minimum atomic E-state index is -0.691. The van der Waals surface area contributed by atoms with Crippen LogP contribution in [0.1, 0.15) is 46.5 Å². The zero-order chi connectivity index (χ0) is 21.3. The highest BCUT2D eigenvalue weighted by Crippen LogP contribution is 2.68. The second-order valence-corrected chi connectivity index (χ2v) is 10.8. The number of hydrogen-bond acceptors (Lipinski definition) is 6. The van der Waals surface area contributed by atoms with Crippen LogP contribution in [0.3, 0.4) is 0 Å². The average Bonchev–Trinajstić information content (AvgIpc) is 3.27. The van der Waals surface area contributed by atoms with Crippen molar-refractivity contribution in [3.63, 3.8) is 0 Å². The molecule has 3 unspecified atom stereocenters. The monoisotopic (exact) mass is 490 g/mol. The summed E-state index contributed by atoms with van der Waals surface area (Å²) < 4.78 is 4.64. The highest BCUT2D eigenvalue weighted by atomic mass is 79.9. The average molecular weight is 491 g/mol. The number of carbonyl (C=O) groups excluding carboxylic acids is 3. The molecule has 3 rings (SSSR count). The summed E-state index contributed by atoms with van der Waals surface area (Å²) in [6.45, 7) is 6.31. The molecule has 2 N–H and O–H groups in total. The molecule has 0 radical (unpaired) electrons. The Hall–Kier alpha value is -0.800. The number of aliphatic hydroxyl groups excluding tert-OH is 1. The summed E-state index contributed by atoms with van der Waals surface area (Å²) in [6, 6.07) is -1.14. The van der Waals surface area contributed by atoms with Gasteiger partial charge in [-0.25, -0.2) is 0 Å². The highest BCUT2D eigenvalue weighted by Gasteiger charge is 2.76. The molecule has 0 aliphatic carbocycles. The summed E-state index contributed by atoms with van der Waals surface area (Å²) in [7, 11) is 0. The van der Waals surface area contributed by atoms with Crippen molar-refractivity contribution in [1.29, 1.82) is 0 Å². The maximum atomic E-state index is 13.6. The molecule has 0 aromatic rings. The van der Waals surface area contributed by atoms with Crippen LogP contribution in [0.25, 0.3) is 0 Å². The number of carbonyl (C=O) groups is 3. The molecule has 9 heteroatoms. The zero-order valence-electron chi connectivity index (χ0n) is 17.2. The van der Waals surface area contributed by atoms with Crippen molar-refractivity contribution in [3.8, 4) is 0 Å². The van der Waals surface area contributed by atoms with E-state index in [4.69, 9.17) is 4.74 Å². The fraction of sp³-hybridized carbons (Fsp3) is 0.850. The van der Waals surface area contributed by atoms with E-state index >= 15 is 0 Å². The third-order valence-electron chi connectivity index (χ3n) is 6.44. The van der Waals surface area contributed by atoms with E-state index in [1.54, 1.807) is 23.6 Å². The molecule has 3 aliphatic heterocycles. The van der Waals surface area contributed by atoms with Crippen LogP contribution in [-0.2, 0) is 19.1 Å². The van der Waals surface area contributed by atoms with Gasteiger partial charge in [-0.2, -0.15) is 0 Å². The van der Waals surface area contributed by atoms with Crippen LogP contribution in [0, 0.1) is 11.8 Å². The molecule has 1 spiro atoms. The summed E-state index contributed by atoms with van der Waals surface area (Å²) in [4.78, 5) is 41.3. The predicted molar refractivity (Wildman–Crippen MR) is 115 cm³/mol. The highest BCUT2D eigenvalue weighted by molar-refractivity contribution is 9.09. The molecule has 7 nitrogen and oxygen atoms in total. The number of rotatable bonds is 9. The maximum Gasteiger partial charge on any atom is 0.310 e. The first kappa shape index (κ1) is 22.9. The number of fused-ring (bicyclic) bond motifs is 1. The van der Waals surface area contributed by atoms with E-state index in [1.165, 1.54) is 0 Å². The van der Waals surface area contributed by atoms with Gasteiger partial charge in [-0.15, -0.1) is 11.8 Å². The number of nitrogens with zero attached hydrogens (tertiary/aromatic N) is 1. The SMILES string of the molecule is CCCCNC(=O)C1N([C@@H](CC)CO)C(=O)[C@@H]2[C@@H](C(=O)OCC)[C@@H]3SC12CC3Br. The molecular weight excluding hydrogens is 460 g/mol. The molecule has 3 saturated heterocycles. The van der Waals surface area contributed by atoms with Crippen molar-refractivity contribution in [3.05, 3.63) is 0 Å². The third-order valence-corrected chi connectivity index (χ3v) is 9.66. The van der Waals surface area contributed by atoms with Crippen LogP contribution in [0.5, 0.6) is 0 Å². The van der Waals surface area contributed by atoms with Gasteiger partial charge in [-0.1, -0.05) is 36.2 Å². The molecular formula is C20H31BrN2O5S. The van der Waals surface area contributed by atoms with Crippen molar-refractivity contribution in [2.75, 3.05) is 19.8 Å². The molecule has 0 aromatic heterocycles. The van der Waals surface area contributed by atoms with E-state index in [-0.39, 0.29) is 41.1 Å². The first-order valence-electron chi connectivity index (χ1n) is 10.6. The van der Waals surface area contributed by atoms with E-state index in [1.807, 2.05) is 6.92 Å². The number of ether oxygens (including phenoxy) is 1. The van der Waals surface area contributed by atoms with Gasteiger partial charge in [-0.05, 0) is 26.2 Å². The first-order chi connectivity index (χ1) is 13.9. The Morgan fingerprint density at radius 2 is 2.14 bits per heavy atom. The van der Waals surface area contributed by atoms with Gasteiger partial charge in [0.25, 0.3) is 0 Å². The van der Waals surface area contributed by atoms with Gasteiger partial charge in [0.1, 0.15) is 6.04 Å². The number of hydrogen-bond donors (Lipinski definition) is 2. The van der Waals surface area contributed by atoms with Gasteiger partial charge in [-0.3, -0.25) is 14.4 Å². The van der Waals surface area contributed by atoms with Crippen LogP contribution in [0.15, 0.2) is 0 Å². The number of aliphatic hydroxyl groups is 1. The number of alkyl halides is 1. The topological polar surface area (TPSA) is 95.9 Å². The van der Waals surface area contributed by atoms with Gasteiger partial charge in [0.15, 0.2) is 0 Å². The van der Waals surface area contributed by atoms with Gasteiger partial charge >= 0.3 is 5.97 Å². The van der Waals surface area contributed by atoms with Gasteiger partial charge < -0.3 is 20.1 Å². The zero-order valence-corrected chi connectivity index (χ0v) is 19.6. The molecule has 3 heterocycles. The fourth-order valence-corrected chi connectivity index (χ4v) is 8.75. The largest absolute Gasteiger partial charge is 0.466 e. The molecule has 2 amide bonds. The lowest BCUT2D eigenvalue weighted by Crippen LogP contribution is -2.57. The van der Waals surface area contributed by atoms with Crippen molar-refractivity contribution in [2.24, 2.45) is 11.8 Å². The standard InChI is InChI=1S/C20H31BrN2O5S/c1-4-7-8-22-17(25)16-20-9-12(21)15(29-20)13(19(27)28-6-3)14(20)18(26)23(16)11(5-2)10-24/h11-16,24H,4-10H2,1-3H3,(H,22,25)/t11-,12?,13+,14-,15+,16?,20?/m0/s1. The number of thioether (sulfide) groups is 1. The number of halogens is 1. The van der Waals surface area contributed by atoms with Crippen LogP contribution in [0.2, 0.25) is 0 Å². The van der Waals surface area contributed by atoms with Gasteiger partial charge in [0.2, 0.25) is 11.8 Å². The fourth-order valence-electron chi connectivity index (χ4n) is 5.17. The Kier molecular flexibility index (Phi) is 7.21. The van der Waals surface area contributed by atoms with Crippen molar-refractivity contribution in [2.45, 2.75) is 73.4 Å². The molecule has 2 bridgehead atoms. The normalized spacial score (nSPS) is 36.2. The summed E-state index contributed by atoms with van der Waals surface area (Å²) in [5.74, 6) is -1.91. The quantitative estimate of drug-likeness (QED) is 0.290. The Morgan fingerprint density at radius 1 is 1.41 bits per heavy atom. The lowest BCUT2D eigenvalue weighted by atomic mass is 9.71. The molecule has 0 saturated carbocycles. The van der Waals surface area contributed by atoms with Crippen LogP contribution in [-0.4, -0.2) is 74.5 Å². The molecule has 29 heavy (non-hydrogen) atoms. The molecule has 7 atom stereocenters. The van der Waals surface area contributed by atoms with Crippen LogP contribution in [0.4, 0.5) is 0 Å². The van der Waals surface area contributed by atoms with Crippen LogP contribution >= 0.6 is 27.7 Å². The van der Waals surface area contributed by atoms with Gasteiger partial charge in [0, 0.05) is 16.6 Å². The molecule has 0 aromatic carbocycles. The lowest BCUT2D eigenvalue weighted by Gasteiger charge is -2.37. The number of nitrogens with one attached hydrogen (secondary N) is 1. The first-order valence-corrected chi connectivity index (χ1v) is 12.4. The van der Waals surface area contributed by atoms with Crippen LogP contribution < -0.4 is 5.32 Å². The minimum absolute atomic E-state index is 0.0334. The van der Waals surface area contributed by atoms with Crippen molar-refractivity contribution in [1.82, 2.24) is 10.2 Å². The second-order valence-electron chi connectivity index (χ2n) is 8.05. The Bertz CT molecular complexity index is 661. The smallest absolute Gasteiger partial charge is 0.310 e. The van der Waals surface area contributed by atoms with E-state index in [0.29, 0.717) is 19.4 Å². The third kappa shape index (κ3) is 3.61. The van der Waals surface area contributed by atoms with Crippen molar-refractivity contribution >= 4 is 45.5 Å². The number of unbranched alkanes of at least 4 members (excludes halogenated alkanes) is 1. The number of amides is 2. The number of likely N-dealkylation sites (tertiary alicyclic amines) is 1. The summed E-state index contributed by atoms with van der Waals surface area (Å²) in [5.41, 5.74) is 0. The Labute approximate surface area is 184 Å². The van der Waals surface area contributed by atoms with E-state index in [9.17, 15) is 19.5 Å². The summed E-state index contributed by atoms with van der Waals surface area (Å²) >= 11 is 5.29. The number of esters is 1. The maximum absolute atomic E-state index is 13.6. The predicted octanol–water partition coefficient (Wildman–Crippen LogP) is 1.70. The van der Waals surface area contributed by atoms with Gasteiger partial charge in [0.05, 0.1) is 35.8 Å². The van der Waals surface area contributed by atoms with E-state index in [2.05, 4.69) is 28.2 Å². The minimum Gasteiger partial charge on any atom is -0.466 e. The Morgan fingerprint density at radius 3 is 2.72 bits per heavy atom. The summed E-state index contributed by atoms with van der Waals surface area (Å²) in [6.07, 6.45) is 3.00. The molecule has 3 fully saturated rings.